The number of aromatic carboxylic acids is 1. The fourth-order valence-electron chi connectivity index (χ4n) is 1.30. The van der Waals surface area contributed by atoms with E-state index in [1.807, 2.05) is 0 Å². The van der Waals surface area contributed by atoms with Gasteiger partial charge in [0.2, 0.25) is 5.91 Å². The lowest BCUT2D eigenvalue weighted by atomic mass is 10.1. The molecule has 0 aliphatic carbocycles. The Morgan fingerprint density at radius 3 is 2.61 bits per heavy atom. The molecule has 1 rings (SSSR count). The Morgan fingerprint density at radius 1 is 1.39 bits per heavy atom. The van der Waals surface area contributed by atoms with Crippen LogP contribution in [0.4, 0.5) is 5.69 Å². The number of amides is 1. The van der Waals surface area contributed by atoms with E-state index in [0.717, 1.165) is 0 Å². The van der Waals surface area contributed by atoms with Crippen LogP contribution in [0.15, 0.2) is 24.8 Å². The van der Waals surface area contributed by atoms with Crippen LogP contribution >= 0.6 is 23.2 Å². The maximum Gasteiger partial charge on any atom is 0.337 e. The van der Waals surface area contributed by atoms with Gasteiger partial charge in [-0.1, -0.05) is 29.3 Å². The topological polar surface area (TPSA) is 66.4 Å². The van der Waals surface area contributed by atoms with Gasteiger partial charge in [0.05, 0.1) is 16.3 Å². The number of rotatable bonds is 5. The van der Waals surface area contributed by atoms with Crippen LogP contribution in [0, 0.1) is 0 Å². The Bertz CT molecular complexity index is 500. The maximum absolute atomic E-state index is 11.5. The molecular weight excluding hydrogens is 277 g/mol. The molecule has 18 heavy (non-hydrogen) atoms. The maximum atomic E-state index is 11.5. The third-order valence-corrected chi connectivity index (χ3v) is 2.64. The van der Waals surface area contributed by atoms with Gasteiger partial charge in [-0.05, 0) is 18.6 Å². The number of anilines is 1. The molecule has 96 valence electrons. The van der Waals surface area contributed by atoms with Crippen molar-refractivity contribution in [3.05, 3.63) is 40.4 Å². The van der Waals surface area contributed by atoms with Gasteiger partial charge in [0.1, 0.15) is 0 Å². The lowest BCUT2D eigenvalue weighted by molar-refractivity contribution is -0.116. The number of carboxylic acids is 1. The second-order valence-electron chi connectivity index (χ2n) is 3.49. The summed E-state index contributed by atoms with van der Waals surface area (Å²) in [6, 6.07) is 2.61. The first kappa shape index (κ1) is 14.5. The van der Waals surface area contributed by atoms with Gasteiger partial charge in [-0.25, -0.2) is 4.79 Å². The molecule has 0 radical (unpaired) electrons. The Balaban J connectivity index is 3.03. The predicted molar refractivity (Wildman–Crippen MR) is 71.5 cm³/mol. The largest absolute Gasteiger partial charge is 0.478 e. The van der Waals surface area contributed by atoms with E-state index in [1.165, 1.54) is 12.1 Å². The zero-order valence-electron chi connectivity index (χ0n) is 9.37. The highest BCUT2D eigenvalue weighted by molar-refractivity contribution is 6.37. The molecule has 0 spiro atoms. The number of nitrogens with one attached hydrogen (secondary N) is 1. The van der Waals surface area contributed by atoms with Gasteiger partial charge < -0.3 is 10.4 Å². The number of halogens is 2. The number of hydrogen-bond donors (Lipinski definition) is 2. The van der Waals surface area contributed by atoms with Crippen LogP contribution in [0.5, 0.6) is 0 Å². The molecule has 0 aliphatic rings. The van der Waals surface area contributed by atoms with Crippen molar-refractivity contribution >= 4 is 40.8 Å². The third-order valence-electron chi connectivity index (χ3n) is 2.13. The van der Waals surface area contributed by atoms with E-state index in [4.69, 9.17) is 28.3 Å². The summed E-state index contributed by atoms with van der Waals surface area (Å²) >= 11 is 11.6. The van der Waals surface area contributed by atoms with Crippen molar-refractivity contribution in [1.29, 1.82) is 0 Å². The number of allylic oxidation sites excluding steroid dienone is 1. The van der Waals surface area contributed by atoms with Crippen LogP contribution in [0.1, 0.15) is 23.2 Å². The molecule has 1 amide bonds. The summed E-state index contributed by atoms with van der Waals surface area (Å²) in [6.45, 7) is 3.50. The second kappa shape index (κ2) is 6.42. The van der Waals surface area contributed by atoms with Crippen molar-refractivity contribution in [1.82, 2.24) is 0 Å². The number of carbonyl (C=O) groups excluding carboxylic acids is 1. The predicted octanol–water partition coefficient (Wildman–Crippen LogP) is 3.60. The van der Waals surface area contributed by atoms with E-state index < -0.39 is 5.97 Å². The number of benzene rings is 1. The molecule has 0 bridgehead atoms. The Morgan fingerprint density at radius 2 is 2.06 bits per heavy atom. The average molecular weight is 288 g/mol. The summed E-state index contributed by atoms with van der Waals surface area (Å²) in [5.74, 6) is -1.54. The minimum Gasteiger partial charge on any atom is -0.478 e. The molecule has 4 nitrogen and oxygen atoms in total. The van der Waals surface area contributed by atoms with Crippen LogP contribution in [0.2, 0.25) is 10.0 Å². The van der Waals surface area contributed by atoms with Gasteiger partial charge in [-0.3, -0.25) is 4.79 Å². The smallest absolute Gasteiger partial charge is 0.337 e. The van der Waals surface area contributed by atoms with Gasteiger partial charge in [-0.2, -0.15) is 0 Å². The standard InChI is InChI=1S/C12H11Cl2NO3/c1-2-3-4-10(16)15-11-8(12(17)18)5-7(13)6-9(11)14/h2,5-6H,1,3-4H2,(H,15,16)(H,17,18). The highest BCUT2D eigenvalue weighted by Crippen LogP contribution is 2.30. The van der Waals surface area contributed by atoms with E-state index >= 15 is 0 Å². The average Bonchev–Trinajstić information content (AvgIpc) is 2.29. The summed E-state index contributed by atoms with van der Waals surface area (Å²) in [6.07, 6.45) is 2.31. The molecular formula is C12H11Cl2NO3. The first-order valence-corrected chi connectivity index (χ1v) is 5.84. The molecule has 0 fully saturated rings. The molecule has 1 aromatic carbocycles. The zero-order chi connectivity index (χ0) is 13.7. The summed E-state index contributed by atoms with van der Waals surface area (Å²) < 4.78 is 0. The van der Waals surface area contributed by atoms with Crippen molar-refractivity contribution in [3.63, 3.8) is 0 Å². The normalized spacial score (nSPS) is 9.89. The summed E-state index contributed by atoms with van der Waals surface area (Å²) in [5, 5.41) is 11.8. The Kier molecular flexibility index (Phi) is 5.19. The van der Waals surface area contributed by atoms with Gasteiger partial charge in [0.15, 0.2) is 0 Å². The monoisotopic (exact) mass is 287 g/mol. The molecule has 1 aromatic rings. The molecule has 0 atom stereocenters. The molecule has 0 saturated heterocycles. The van der Waals surface area contributed by atoms with Gasteiger partial charge in [-0.15, -0.1) is 6.58 Å². The second-order valence-corrected chi connectivity index (χ2v) is 4.33. The lowest BCUT2D eigenvalue weighted by Crippen LogP contribution is -2.14. The first-order chi connectivity index (χ1) is 8.45. The van der Waals surface area contributed by atoms with Crippen LogP contribution in [0.3, 0.4) is 0 Å². The molecule has 0 unspecified atom stereocenters. The number of hydrogen-bond acceptors (Lipinski definition) is 2. The van der Waals surface area contributed by atoms with Crippen molar-refractivity contribution in [2.45, 2.75) is 12.8 Å². The first-order valence-electron chi connectivity index (χ1n) is 5.08. The molecule has 0 heterocycles. The van der Waals surface area contributed by atoms with Crippen LogP contribution in [0.25, 0.3) is 0 Å². The molecule has 2 N–H and O–H groups in total. The van der Waals surface area contributed by atoms with E-state index in [1.54, 1.807) is 6.08 Å². The van der Waals surface area contributed by atoms with E-state index in [-0.39, 0.29) is 33.6 Å². The summed E-state index contributed by atoms with van der Waals surface area (Å²) in [4.78, 5) is 22.6. The number of carbonyl (C=O) groups is 2. The van der Waals surface area contributed by atoms with Gasteiger partial charge in [0, 0.05) is 11.4 Å². The fourth-order valence-corrected chi connectivity index (χ4v) is 1.85. The Labute approximate surface area is 114 Å². The SMILES string of the molecule is C=CCCC(=O)Nc1c(Cl)cc(Cl)cc1C(=O)O. The molecule has 0 aliphatic heterocycles. The lowest BCUT2D eigenvalue weighted by Gasteiger charge is -2.10. The minimum atomic E-state index is -1.21. The fraction of sp³-hybridized carbons (Fsp3) is 0.167. The van der Waals surface area contributed by atoms with E-state index in [9.17, 15) is 9.59 Å². The molecule has 6 heteroatoms. The highest BCUT2D eigenvalue weighted by atomic mass is 35.5. The minimum absolute atomic E-state index is 0.0580. The van der Waals surface area contributed by atoms with E-state index in [2.05, 4.69) is 11.9 Å². The van der Waals surface area contributed by atoms with Crippen molar-refractivity contribution in [2.24, 2.45) is 0 Å². The van der Waals surface area contributed by atoms with E-state index in [0.29, 0.717) is 6.42 Å². The molecule has 0 aromatic heterocycles. The van der Waals surface area contributed by atoms with Gasteiger partial charge >= 0.3 is 5.97 Å². The summed E-state index contributed by atoms with van der Waals surface area (Å²) in [5.41, 5.74) is -0.0814. The summed E-state index contributed by atoms with van der Waals surface area (Å²) in [7, 11) is 0. The van der Waals surface area contributed by atoms with Crippen LogP contribution in [-0.4, -0.2) is 17.0 Å². The van der Waals surface area contributed by atoms with Crippen molar-refractivity contribution in [3.8, 4) is 0 Å². The van der Waals surface area contributed by atoms with Crippen LogP contribution in [-0.2, 0) is 4.79 Å². The van der Waals surface area contributed by atoms with Crippen molar-refractivity contribution in [2.75, 3.05) is 5.32 Å². The number of carboxylic acid groups (broad SMARTS) is 1. The van der Waals surface area contributed by atoms with Crippen LogP contribution < -0.4 is 5.32 Å². The zero-order valence-corrected chi connectivity index (χ0v) is 10.9. The third kappa shape index (κ3) is 3.75. The molecule has 0 saturated carbocycles. The quantitative estimate of drug-likeness (QED) is 0.813. The highest BCUT2D eigenvalue weighted by Gasteiger charge is 2.16. The van der Waals surface area contributed by atoms with Gasteiger partial charge in [0.25, 0.3) is 0 Å². The van der Waals surface area contributed by atoms with Crippen molar-refractivity contribution < 1.29 is 14.7 Å². The Hall–Kier alpha value is -1.52.